The lowest BCUT2D eigenvalue weighted by Crippen LogP contribution is -3.06. The van der Waals surface area contributed by atoms with Gasteiger partial charge in [0.05, 0.1) is 17.6 Å². The first-order chi connectivity index (χ1) is 11.7. The largest absolute Gasteiger partial charge is 1.00 e. The van der Waals surface area contributed by atoms with Crippen molar-refractivity contribution in [3.8, 4) is 0 Å². The van der Waals surface area contributed by atoms with Crippen LogP contribution in [-0.4, -0.2) is 16.1 Å². The van der Waals surface area contributed by atoms with Crippen LogP contribution in [0.5, 0.6) is 0 Å². The molecule has 4 rings (SSSR count). The van der Waals surface area contributed by atoms with Crippen LogP contribution in [0, 0.1) is 13.8 Å². The first kappa shape index (κ1) is 17.8. The molecule has 0 saturated heterocycles. The summed E-state index contributed by atoms with van der Waals surface area (Å²) in [6, 6.07) is 19.0. The molecule has 1 aliphatic rings. The molecule has 4 nitrogen and oxygen atoms in total. The molecular formula is C20H21IN4. The van der Waals surface area contributed by atoms with Crippen molar-refractivity contribution in [3.05, 3.63) is 72.1 Å². The highest BCUT2D eigenvalue weighted by Gasteiger charge is 2.43. The Morgan fingerprint density at radius 3 is 2.36 bits per heavy atom. The number of quaternary nitrogens is 1. The van der Waals surface area contributed by atoms with Gasteiger partial charge in [-0.1, -0.05) is 36.4 Å². The standard InChI is InChI=1S/C20H20N4.HI/c1-14-9-7-8-12-18(14)24-16(3)23(17-10-5-4-6-11-17)19-20(24)22-15(2)13-21-19;/h4-13,16H,1-3H3;1H/t16-;/m0./s1. The maximum Gasteiger partial charge on any atom is 0.276 e. The molecule has 2 aromatic carbocycles. The summed E-state index contributed by atoms with van der Waals surface area (Å²) in [7, 11) is 0. The summed E-state index contributed by atoms with van der Waals surface area (Å²) in [5.41, 5.74) is 4.58. The third-order valence-electron chi connectivity index (χ3n) is 4.62. The number of hydrogen-bond donors (Lipinski definition) is 1. The number of anilines is 2. The monoisotopic (exact) mass is 444 g/mol. The SMILES string of the molecule is Cc1cnc2c(n1)N(c1ccccc1C)[C@@H](C)[NH+]2c1ccccc1.[I-]. The number of benzene rings is 2. The lowest BCUT2D eigenvalue weighted by molar-refractivity contribution is -0.782. The highest BCUT2D eigenvalue weighted by atomic mass is 127. The molecule has 0 amide bonds. The Hall–Kier alpha value is -1.99. The molecule has 1 unspecified atom stereocenters. The van der Waals surface area contributed by atoms with Crippen molar-refractivity contribution in [2.45, 2.75) is 26.9 Å². The quantitative estimate of drug-likeness (QED) is 0.583. The van der Waals surface area contributed by atoms with Crippen LogP contribution in [-0.2, 0) is 0 Å². The number of fused-ring (bicyclic) bond motifs is 1. The fourth-order valence-corrected chi connectivity index (χ4v) is 3.48. The molecule has 0 fully saturated rings. The lowest BCUT2D eigenvalue weighted by Gasteiger charge is -2.25. The predicted molar refractivity (Wildman–Crippen MR) is 96.3 cm³/mol. The maximum absolute atomic E-state index is 4.82. The van der Waals surface area contributed by atoms with E-state index < -0.39 is 0 Å². The van der Waals surface area contributed by atoms with Crippen molar-refractivity contribution in [2.75, 3.05) is 4.90 Å². The molecule has 1 N–H and O–H groups in total. The molecule has 0 bridgehead atoms. The summed E-state index contributed by atoms with van der Waals surface area (Å²) in [6.45, 7) is 6.37. The number of aryl methyl sites for hydroxylation is 2. The number of para-hydroxylation sites is 2. The minimum Gasteiger partial charge on any atom is -1.00 e. The van der Waals surface area contributed by atoms with Crippen LogP contribution in [0.3, 0.4) is 0 Å². The van der Waals surface area contributed by atoms with Crippen LogP contribution in [0.25, 0.3) is 0 Å². The third kappa shape index (κ3) is 3.02. The van der Waals surface area contributed by atoms with E-state index in [4.69, 9.17) is 9.97 Å². The van der Waals surface area contributed by atoms with Gasteiger partial charge in [-0.3, -0.25) is 4.90 Å². The average Bonchev–Trinajstić information content (AvgIpc) is 2.87. The van der Waals surface area contributed by atoms with Gasteiger partial charge in [0, 0.05) is 6.92 Å². The van der Waals surface area contributed by atoms with E-state index in [1.165, 1.54) is 21.8 Å². The Labute approximate surface area is 165 Å². The zero-order valence-corrected chi connectivity index (χ0v) is 16.7. The molecule has 1 aliphatic heterocycles. The van der Waals surface area contributed by atoms with Gasteiger partial charge in [-0.15, -0.1) is 0 Å². The number of halogens is 1. The van der Waals surface area contributed by atoms with Gasteiger partial charge in [0.1, 0.15) is 5.69 Å². The van der Waals surface area contributed by atoms with E-state index in [1.807, 2.05) is 19.2 Å². The smallest absolute Gasteiger partial charge is 0.276 e. The summed E-state index contributed by atoms with van der Waals surface area (Å²) >= 11 is 0. The van der Waals surface area contributed by atoms with Gasteiger partial charge in [-0.25, -0.2) is 9.88 Å². The van der Waals surface area contributed by atoms with Gasteiger partial charge in [0.15, 0.2) is 6.17 Å². The van der Waals surface area contributed by atoms with Crippen molar-refractivity contribution < 1.29 is 28.9 Å². The first-order valence-electron chi connectivity index (χ1n) is 8.28. The highest BCUT2D eigenvalue weighted by molar-refractivity contribution is 5.72. The molecule has 5 heteroatoms. The molecule has 128 valence electrons. The molecule has 25 heavy (non-hydrogen) atoms. The van der Waals surface area contributed by atoms with Gasteiger partial charge in [0.2, 0.25) is 5.82 Å². The van der Waals surface area contributed by atoms with Crippen molar-refractivity contribution in [3.63, 3.8) is 0 Å². The third-order valence-corrected chi connectivity index (χ3v) is 4.62. The van der Waals surface area contributed by atoms with E-state index in [1.54, 1.807) is 0 Å². The van der Waals surface area contributed by atoms with Crippen molar-refractivity contribution in [1.82, 2.24) is 9.97 Å². The maximum atomic E-state index is 4.82. The van der Waals surface area contributed by atoms with E-state index in [0.29, 0.717) is 0 Å². The Kier molecular flexibility index (Phi) is 5.06. The second-order valence-electron chi connectivity index (χ2n) is 6.30. The predicted octanol–water partition coefficient (Wildman–Crippen LogP) is 0.443. The number of rotatable bonds is 2. The molecule has 0 saturated carbocycles. The van der Waals surface area contributed by atoms with Gasteiger partial charge in [-0.05, 0) is 37.6 Å². The number of hydrogen-bond acceptors (Lipinski definition) is 3. The molecule has 3 aromatic rings. The summed E-state index contributed by atoms with van der Waals surface area (Å²) in [5.74, 6) is 1.94. The number of nitrogens with one attached hydrogen (secondary N) is 1. The summed E-state index contributed by atoms with van der Waals surface area (Å²) in [4.78, 5) is 13.1. The molecule has 2 atom stereocenters. The Morgan fingerprint density at radius 2 is 1.64 bits per heavy atom. The van der Waals surface area contributed by atoms with E-state index in [9.17, 15) is 0 Å². The normalized spacial score (nSPS) is 18.6. The molecule has 0 spiro atoms. The summed E-state index contributed by atoms with van der Waals surface area (Å²) in [6.07, 6.45) is 2.04. The second kappa shape index (κ2) is 7.09. The van der Waals surface area contributed by atoms with Crippen LogP contribution < -0.4 is 33.8 Å². The van der Waals surface area contributed by atoms with Crippen molar-refractivity contribution >= 4 is 23.0 Å². The Morgan fingerprint density at radius 1 is 0.960 bits per heavy atom. The molecule has 1 aromatic heterocycles. The zero-order chi connectivity index (χ0) is 16.7. The topological polar surface area (TPSA) is 33.5 Å². The van der Waals surface area contributed by atoms with Crippen LogP contribution in [0.15, 0.2) is 60.8 Å². The van der Waals surface area contributed by atoms with Crippen LogP contribution in [0.4, 0.5) is 23.0 Å². The lowest BCUT2D eigenvalue weighted by atomic mass is 10.2. The van der Waals surface area contributed by atoms with E-state index >= 15 is 0 Å². The van der Waals surface area contributed by atoms with Gasteiger partial charge in [0.25, 0.3) is 5.82 Å². The molecule has 0 aliphatic carbocycles. The van der Waals surface area contributed by atoms with Crippen LogP contribution in [0.1, 0.15) is 18.2 Å². The Balaban J connectivity index is 0.00000182. The average molecular weight is 444 g/mol. The van der Waals surface area contributed by atoms with E-state index in [2.05, 4.69) is 67.3 Å². The summed E-state index contributed by atoms with van der Waals surface area (Å²) < 4.78 is 0. The fourth-order valence-electron chi connectivity index (χ4n) is 3.48. The fraction of sp³-hybridized carbons (Fsp3) is 0.200. The second-order valence-corrected chi connectivity index (χ2v) is 6.30. The summed E-state index contributed by atoms with van der Waals surface area (Å²) in [5, 5.41) is 0. The highest BCUT2D eigenvalue weighted by Crippen LogP contribution is 2.36. The van der Waals surface area contributed by atoms with Crippen LogP contribution in [0.2, 0.25) is 0 Å². The molecule has 2 heterocycles. The molecule has 0 radical (unpaired) electrons. The molecular weight excluding hydrogens is 423 g/mol. The number of aromatic nitrogens is 2. The van der Waals surface area contributed by atoms with E-state index in [-0.39, 0.29) is 30.1 Å². The van der Waals surface area contributed by atoms with Crippen LogP contribution >= 0.6 is 0 Å². The number of nitrogens with zero attached hydrogens (tertiary/aromatic N) is 3. The van der Waals surface area contributed by atoms with Gasteiger partial charge in [-0.2, -0.15) is 4.98 Å². The first-order valence-corrected chi connectivity index (χ1v) is 8.28. The Bertz CT molecular complexity index is 882. The van der Waals surface area contributed by atoms with Gasteiger partial charge < -0.3 is 24.0 Å². The van der Waals surface area contributed by atoms with E-state index in [0.717, 1.165) is 17.3 Å². The minimum absolute atomic E-state index is 0. The van der Waals surface area contributed by atoms with Crippen molar-refractivity contribution in [1.29, 1.82) is 0 Å². The minimum atomic E-state index is 0. The zero-order valence-electron chi connectivity index (χ0n) is 14.6. The van der Waals surface area contributed by atoms with Crippen molar-refractivity contribution in [2.24, 2.45) is 0 Å². The van der Waals surface area contributed by atoms with Gasteiger partial charge >= 0.3 is 0 Å².